The molecule has 12 rings (SSSR count). The molecule has 3 aromatic heterocycles. The summed E-state index contributed by atoms with van der Waals surface area (Å²) in [4.78, 5) is 37.2. The summed E-state index contributed by atoms with van der Waals surface area (Å²) in [5.41, 5.74) is 33.3. The number of nitrogens with zero attached hydrogens (tertiary/aromatic N) is 5. The van der Waals surface area contributed by atoms with Crippen LogP contribution in [0.2, 0.25) is 0 Å². The maximum Gasteiger partial charge on any atom is 0.311 e. The van der Waals surface area contributed by atoms with Crippen LogP contribution < -0.4 is 33.2 Å². The first-order valence-electron chi connectivity index (χ1n) is 24.3. The largest absolute Gasteiger partial charge is 0.481 e. The molecule has 0 bridgehead atoms. The Balaban J connectivity index is 0.000000164. The SMILES string of the molecule is C.C.Cc1cccc2c1NCCC2C(=O)O.Cc1cccc2c1NCCC2C(=O)n1nc(N)c2c1CCC=C2.Cc1cccc2c1NCCC2C(=O)n1nc2c(c1N)C=CCC2.Cl.Nc1n[nH]c2c1C=CCC2. The number of aromatic nitrogens is 6. The fraction of sp³-hybridized carbons (Fsp3) is 0.357. The summed E-state index contributed by atoms with van der Waals surface area (Å²) in [6, 6.07) is 18.0. The smallest absolute Gasteiger partial charge is 0.311 e. The van der Waals surface area contributed by atoms with Gasteiger partial charge >= 0.3 is 5.97 Å². The van der Waals surface area contributed by atoms with Crippen LogP contribution in [0.1, 0.15) is 148 Å². The number of fused-ring (bicyclic) bond motifs is 6. The number of aryl methyl sites for hydroxylation is 5. The minimum absolute atomic E-state index is 0. The molecule has 0 saturated heterocycles. The molecular weight excluding hydrogens is 940 g/mol. The molecule has 17 heteroatoms. The number of hydrogen-bond donors (Lipinski definition) is 8. The Hall–Kier alpha value is -7.59. The van der Waals surface area contributed by atoms with Crippen LogP contribution in [-0.2, 0) is 24.1 Å². The van der Waals surface area contributed by atoms with Crippen LogP contribution in [0, 0.1) is 20.8 Å². The zero-order valence-corrected chi connectivity index (χ0v) is 41.2. The van der Waals surface area contributed by atoms with Gasteiger partial charge in [0.2, 0.25) is 0 Å². The number of nitrogens with two attached hydrogens (primary N) is 3. The molecule has 3 unspecified atom stereocenters. The molecule has 11 N–H and O–H groups in total. The molecule has 3 aromatic carbocycles. The Labute approximate surface area is 434 Å². The number of aromatic amines is 1. The van der Waals surface area contributed by atoms with Crippen molar-refractivity contribution < 1.29 is 19.5 Å². The molecule has 0 spiro atoms. The van der Waals surface area contributed by atoms with Crippen molar-refractivity contribution in [3.8, 4) is 0 Å². The summed E-state index contributed by atoms with van der Waals surface area (Å²) in [5.74, 6) is 0.103. The van der Waals surface area contributed by atoms with Gasteiger partial charge in [0.25, 0.3) is 11.8 Å². The zero-order valence-electron chi connectivity index (χ0n) is 40.4. The van der Waals surface area contributed by atoms with Crippen molar-refractivity contribution in [2.45, 2.75) is 111 Å². The van der Waals surface area contributed by atoms with Crippen molar-refractivity contribution in [1.82, 2.24) is 29.8 Å². The number of rotatable bonds is 3. The lowest BCUT2D eigenvalue weighted by molar-refractivity contribution is -0.138. The Bertz CT molecular complexity index is 3060. The maximum atomic E-state index is 13.2. The molecule has 6 aromatic rings. The second-order valence-electron chi connectivity index (χ2n) is 18.6. The number of allylic oxidation sites excluding steroid dienone is 3. The third kappa shape index (κ3) is 11.1. The van der Waals surface area contributed by atoms with Gasteiger partial charge in [0.1, 0.15) is 5.82 Å². The second-order valence-corrected chi connectivity index (χ2v) is 18.6. The zero-order chi connectivity index (χ0) is 49.1. The Morgan fingerprint density at radius 1 is 0.589 bits per heavy atom. The molecule has 0 radical (unpaired) electrons. The second kappa shape index (κ2) is 23.8. The average molecular weight is 1010 g/mol. The molecule has 0 amide bonds. The van der Waals surface area contributed by atoms with Crippen LogP contribution >= 0.6 is 12.4 Å². The number of carboxylic acids is 1. The van der Waals surface area contributed by atoms with E-state index in [2.05, 4.69) is 80.6 Å². The summed E-state index contributed by atoms with van der Waals surface area (Å²) >= 11 is 0. The lowest BCUT2D eigenvalue weighted by Crippen LogP contribution is -2.29. The van der Waals surface area contributed by atoms with Crippen molar-refractivity contribution in [1.29, 1.82) is 0 Å². The molecule has 386 valence electrons. The number of hydrogen-bond acceptors (Lipinski definition) is 12. The molecule has 6 heterocycles. The van der Waals surface area contributed by atoms with Gasteiger partial charge in [-0.3, -0.25) is 19.5 Å². The van der Waals surface area contributed by atoms with Gasteiger partial charge in [-0.2, -0.15) is 14.9 Å². The van der Waals surface area contributed by atoms with Crippen LogP contribution in [0.3, 0.4) is 0 Å². The molecule has 73 heavy (non-hydrogen) atoms. The van der Waals surface area contributed by atoms with Crippen LogP contribution in [0.15, 0.2) is 72.8 Å². The van der Waals surface area contributed by atoms with E-state index < -0.39 is 5.97 Å². The normalized spacial score (nSPS) is 17.8. The first-order chi connectivity index (χ1) is 33.9. The van der Waals surface area contributed by atoms with Gasteiger partial charge in [-0.1, -0.05) is 106 Å². The lowest BCUT2D eigenvalue weighted by Gasteiger charge is -2.27. The first kappa shape index (κ1) is 54.7. The maximum absolute atomic E-state index is 13.2. The van der Waals surface area contributed by atoms with E-state index in [0.717, 1.165) is 144 Å². The number of H-pyrrole nitrogens is 1. The highest BCUT2D eigenvalue weighted by atomic mass is 35.5. The summed E-state index contributed by atoms with van der Waals surface area (Å²) in [6.45, 7) is 8.45. The first-order valence-corrected chi connectivity index (χ1v) is 24.3. The van der Waals surface area contributed by atoms with Crippen molar-refractivity contribution in [3.05, 3.63) is 140 Å². The van der Waals surface area contributed by atoms with Gasteiger partial charge in [-0.05, 0) is 112 Å². The van der Waals surface area contributed by atoms with E-state index in [1.54, 1.807) is 4.68 Å². The minimum Gasteiger partial charge on any atom is -0.481 e. The van der Waals surface area contributed by atoms with E-state index in [9.17, 15) is 14.4 Å². The lowest BCUT2D eigenvalue weighted by atomic mass is 9.88. The van der Waals surface area contributed by atoms with Gasteiger partial charge in [0.15, 0.2) is 11.6 Å². The van der Waals surface area contributed by atoms with Crippen LogP contribution in [-0.4, -0.2) is 72.3 Å². The molecular formula is C56H71ClN12O4. The highest BCUT2D eigenvalue weighted by Gasteiger charge is 2.33. The quantitative estimate of drug-likeness (QED) is 0.0823. The van der Waals surface area contributed by atoms with Gasteiger partial charge in [-0.15, -0.1) is 17.5 Å². The van der Waals surface area contributed by atoms with Gasteiger partial charge in [0, 0.05) is 59.1 Å². The van der Waals surface area contributed by atoms with Gasteiger partial charge < -0.3 is 38.3 Å². The predicted octanol–water partition coefficient (Wildman–Crippen LogP) is 10.6. The topological polar surface area (TPSA) is 250 Å². The van der Waals surface area contributed by atoms with Crippen molar-refractivity contribution >= 4 is 82.9 Å². The number of carbonyl (C=O) groups excluding carboxylic acids is 2. The number of carbonyl (C=O) groups is 3. The molecule has 6 aliphatic rings. The van der Waals surface area contributed by atoms with Crippen molar-refractivity contribution in [2.24, 2.45) is 0 Å². The molecule has 3 aliphatic carbocycles. The van der Waals surface area contributed by atoms with Crippen LogP contribution in [0.5, 0.6) is 0 Å². The number of aliphatic carboxylic acids is 1. The Morgan fingerprint density at radius 2 is 1.05 bits per heavy atom. The van der Waals surface area contributed by atoms with E-state index >= 15 is 0 Å². The van der Waals surface area contributed by atoms with Gasteiger partial charge in [0.05, 0.1) is 29.1 Å². The predicted molar refractivity (Wildman–Crippen MR) is 299 cm³/mol. The molecule has 0 fully saturated rings. The molecule has 3 aliphatic heterocycles. The average Bonchev–Trinajstić information content (AvgIpc) is 4.05. The summed E-state index contributed by atoms with van der Waals surface area (Å²) in [5, 5.41) is 34.8. The number of nitrogen functional groups attached to an aromatic ring is 3. The van der Waals surface area contributed by atoms with Crippen molar-refractivity contribution in [3.63, 3.8) is 0 Å². The van der Waals surface area contributed by atoms with E-state index in [4.69, 9.17) is 22.3 Å². The van der Waals surface area contributed by atoms with E-state index in [0.29, 0.717) is 23.9 Å². The number of nitrogens with one attached hydrogen (secondary N) is 4. The van der Waals surface area contributed by atoms with Crippen LogP contribution in [0.4, 0.5) is 34.5 Å². The van der Waals surface area contributed by atoms with Crippen LogP contribution in [0.25, 0.3) is 18.2 Å². The number of benzene rings is 3. The van der Waals surface area contributed by atoms with E-state index in [-0.39, 0.29) is 56.8 Å². The molecule has 0 saturated carbocycles. The summed E-state index contributed by atoms with van der Waals surface area (Å²) in [6.07, 6.45) is 20.1. The molecule has 3 atom stereocenters. The van der Waals surface area contributed by atoms with Crippen molar-refractivity contribution in [2.75, 3.05) is 52.8 Å². The highest BCUT2D eigenvalue weighted by molar-refractivity contribution is 5.92. The Morgan fingerprint density at radius 3 is 1.58 bits per heavy atom. The third-order valence-corrected chi connectivity index (χ3v) is 14.1. The third-order valence-electron chi connectivity index (χ3n) is 14.1. The molecule has 16 nitrogen and oxygen atoms in total. The summed E-state index contributed by atoms with van der Waals surface area (Å²) < 4.78 is 2.97. The standard InChI is InChI=1S/2C18H20N4O.C11H13NO2.C7H9N3.2CH4.ClH/c1-11-5-4-7-12-13(9-10-20-16(11)12)18(23)22-15-8-3-2-6-14(15)17(19)21-22;1-11-5-4-7-12-13(9-10-20-16(11)12)18(23)22-17(19)14-6-2-3-8-15(14)21-22;1-7-3-2-4-8-9(11(13)14)5-6-12-10(7)8;8-7-5-3-1-2-4-6(5)9-10-7;;;/h2,4-7,13,20H,3,8-10H2,1H3,(H2,19,21);2,4-7,13,20H,3,8-10,19H2,1H3;2-4,9,12H,5-6H2,1H3,(H,13,14);1,3H,2,4H2,(H3,8,9,10);2*1H4;1H. The highest BCUT2D eigenvalue weighted by Crippen LogP contribution is 2.38. The summed E-state index contributed by atoms with van der Waals surface area (Å²) in [7, 11) is 0. The number of para-hydroxylation sites is 3. The fourth-order valence-corrected chi connectivity index (χ4v) is 10.4. The number of halogens is 1. The van der Waals surface area contributed by atoms with E-state index in [1.807, 2.05) is 67.6 Å². The Kier molecular flexibility index (Phi) is 17.8. The monoisotopic (exact) mass is 1010 g/mol. The van der Waals surface area contributed by atoms with E-state index in [1.165, 1.54) is 15.9 Å². The van der Waals surface area contributed by atoms with Gasteiger partial charge in [-0.25, -0.2) is 4.68 Å². The number of carboxylic acid groups (broad SMARTS) is 1. The fourth-order valence-electron chi connectivity index (χ4n) is 10.4. The minimum atomic E-state index is -0.724. The number of anilines is 6.